The lowest BCUT2D eigenvalue weighted by atomic mass is 10.0. The molecule has 0 fully saturated rings. The van der Waals surface area contributed by atoms with Gasteiger partial charge in [-0.05, 0) is 5.56 Å². The number of aromatic nitrogens is 1. The summed E-state index contributed by atoms with van der Waals surface area (Å²) >= 11 is 0. The van der Waals surface area contributed by atoms with Crippen LogP contribution >= 0.6 is 0 Å². The Balaban J connectivity index is 2.76. The van der Waals surface area contributed by atoms with Crippen molar-refractivity contribution in [3.05, 3.63) is 50.6 Å². The summed E-state index contributed by atoms with van der Waals surface area (Å²) in [6, 6.07) is 5.09. The molecule has 0 saturated carbocycles. The molecule has 0 amide bonds. The number of carbonyl (C=O) groups is 1. The molecule has 0 radical (unpaired) electrons. The Morgan fingerprint density at radius 1 is 1.26 bits per heavy atom. The molecule has 7 nitrogen and oxygen atoms in total. The summed E-state index contributed by atoms with van der Waals surface area (Å²) < 4.78 is 8.83. The number of benzene rings is 1. The Hall–Kier alpha value is -2.83. The van der Waals surface area contributed by atoms with Crippen LogP contribution in [0.4, 0.5) is 0 Å². The number of H-pyrrole nitrogens is 1. The predicted molar refractivity (Wildman–Crippen MR) is 61.8 cm³/mol. The summed E-state index contributed by atoms with van der Waals surface area (Å²) in [5, 5.41) is 13.1. The average Bonchev–Trinajstić information content (AvgIpc) is 2.42. The number of carbonyl (C=O) groups excluding carboxylic acids is 1. The first-order valence-electron chi connectivity index (χ1n) is 5.16. The van der Waals surface area contributed by atoms with Crippen molar-refractivity contribution in [2.75, 3.05) is 7.11 Å². The molecule has 1 N–H and O–H groups in total. The first-order valence-corrected chi connectivity index (χ1v) is 5.16. The monoisotopic (exact) mass is 262 g/mol. The molecule has 98 valence electrons. The number of aromatic amines is 1. The standard InChI is InChI=1S/C12H9NO6/c1-18-11(16)9-8(10(15)12(17)19-13-9)6-2-4-7(14)5-3-6/h2-5,13-14H,1H3/p-1. The molecule has 0 atom stereocenters. The van der Waals surface area contributed by atoms with Crippen molar-refractivity contribution < 1.29 is 19.2 Å². The Bertz CT molecular complexity index is 725. The van der Waals surface area contributed by atoms with Gasteiger partial charge in [0, 0.05) is 0 Å². The summed E-state index contributed by atoms with van der Waals surface area (Å²) in [5.41, 5.74) is -2.37. The topological polar surface area (TPSA) is 112 Å². The van der Waals surface area contributed by atoms with Crippen LogP contribution in [0.25, 0.3) is 11.1 Å². The second kappa shape index (κ2) is 4.81. The maximum Gasteiger partial charge on any atom is 0.403 e. The van der Waals surface area contributed by atoms with Crippen LogP contribution < -0.4 is 16.2 Å². The molecule has 1 heterocycles. The van der Waals surface area contributed by atoms with Crippen LogP contribution in [-0.2, 0) is 4.74 Å². The second-order valence-corrected chi connectivity index (χ2v) is 3.59. The highest BCUT2D eigenvalue weighted by Gasteiger charge is 2.20. The van der Waals surface area contributed by atoms with E-state index in [9.17, 15) is 19.5 Å². The van der Waals surface area contributed by atoms with Crippen LogP contribution in [0.3, 0.4) is 0 Å². The van der Waals surface area contributed by atoms with Crippen molar-refractivity contribution in [3.63, 3.8) is 0 Å². The summed E-state index contributed by atoms with van der Waals surface area (Å²) in [7, 11) is 1.12. The van der Waals surface area contributed by atoms with Gasteiger partial charge in [-0.25, -0.2) is 14.7 Å². The highest BCUT2D eigenvalue weighted by Crippen LogP contribution is 2.20. The van der Waals surface area contributed by atoms with Gasteiger partial charge in [0.2, 0.25) is 0 Å². The predicted octanol–water partition coefficient (Wildman–Crippen LogP) is -0.145. The fourth-order valence-electron chi connectivity index (χ4n) is 1.55. The summed E-state index contributed by atoms with van der Waals surface area (Å²) in [6.45, 7) is 0. The SMILES string of the molecule is COC(=O)c1[nH]oc(=O)c(=O)c1-c1ccc([O-])cc1. The largest absolute Gasteiger partial charge is 0.872 e. The molecule has 19 heavy (non-hydrogen) atoms. The van der Waals surface area contributed by atoms with Crippen LogP contribution in [0, 0.1) is 0 Å². The Morgan fingerprint density at radius 2 is 1.89 bits per heavy atom. The Morgan fingerprint density at radius 3 is 2.47 bits per heavy atom. The molecule has 1 aromatic heterocycles. The molecule has 2 rings (SSSR count). The van der Waals surface area contributed by atoms with Gasteiger partial charge in [0.05, 0.1) is 12.7 Å². The van der Waals surface area contributed by atoms with Gasteiger partial charge in [0.25, 0.3) is 5.43 Å². The molecular weight excluding hydrogens is 254 g/mol. The first kappa shape index (κ1) is 12.6. The minimum atomic E-state index is -1.14. The maximum absolute atomic E-state index is 11.8. The van der Waals surface area contributed by atoms with E-state index in [4.69, 9.17) is 0 Å². The van der Waals surface area contributed by atoms with Crippen molar-refractivity contribution in [1.29, 1.82) is 0 Å². The number of ether oxygens (including phenoxy) is 1. The van der Waals surface area contributed by atoms with Crippen LogP contribution in [0.15, 0.2) is 38.4 Å². The fourth-order valence-corrected chi connectivity index (χ4v) is 1.55. The van der Waals surface area contributed by atoms with E-state index < -0.39 is 17.0 Å². The normalized spacial score (nSPS) is 10.2. The molecule has 7 heteroatoms. The van der Waals surface area contributed by atoms with E-state index in [1.165, 1.54) is 24.3 Å². The lowest BCUT2D eigenvalue weighted by molar-refractivity contribution is -0.268. The zero-order valence-electron chi connectivity index (χ0n) is 9.76. The van der Waals surface area contributed by atoms with Crippen molar-refractivity contribution in [2.45, 2.75) is 0 Å². The molecule has 0 aliphatic heterocycles. The molecule has 0 spiro atoms. The third kappa shape index (κ3) is 2.25. The van der Waals surface area contributed by atoms with Gasteiger partial charge >= 0.3 is 11.6 Å². The molecule has 0 aliphatic rings. The van der Waals surface area contributed by atoms with E-state index >= 15 is 0 Å². The lowest BCUT2D eigenvalue weighted by Gasteiger charge is -2.08. The number of nitrogens with one attached hydrogen (secondary N) is 1. The van der Waals surface area contributed by atoms with E-state index in [1.54, 1.807) is 0 Å². The highest BCUT2D eigenvalue weighted by atomic mass is 16.5. The summed E-state index contributed by atoms with van der Waals surface area (Å²) in [4.78, 5) is 34.5. The number of rotatable bonds is 2. The molecule has 0 bridgehead atoms. The number of methoxy groups -OCH3 is 1. The number of esters is 1. The zero-order valence-corrected chi connectivity index (χ0v) is 9.76. The maximum atomic E-state index is 11.8. The van der Waals surface area contributed by atoms with E-state index in [0.29, 0.717) is 0 Å². The summed E-state index contributed by atoms with van der Waals surface area (Å²) in [5.74, 6) is -1.12. The smallest absolute Gasteiger partial charge is 0.403 e. The third-order valence-corrected chi connectivity index (χ3v) is 2.44. The third-order valence-electron chi connectivity index (χ3n) is 2.44. The summed E-state index contributed by atoms with van der Waals surface area (Å²) in [6.07, 6.45) is 0. The van der Waals surface area contributed by atoms with Crippen LogP contribution in [0.2, 0.25) is 0 Å². The van der Waals surface area contributed by atoms with E-state index in [0.717, 1.165) is 7.11 Å². The highest BCUT2D eigenvalue weighted by molar-refractivity contribution is 5.94. The Kier molecular flexibility index (Phi) is 3.19. The van der Waals surface area contributed by atoms with Crippen LogP contribution in [0.5, 0.6) is 5.75 Å². The van der Waals surface area contributed by atoms with Gasteiger partial charge in [0.1, 0.15) is 0 Å². The lowest BCUT2D eigenvalue weighted by Crippen LogP contribution is -2.28. The van der Waals surface area contributed by atoms with Gasteiger partial charge in [-0.3, -0.25) is 4.79 Å². The molecule has 0 aliphatic carbocycles. The molecule has 1 aromatic carbocycles. The molecule has 0 unspecified atom stereocenters. The van der Waals surface area contributed by atoms with Gasteiger partial charge in [0.15, 0.2) is 5.69 Å². The average molecular weight is 262 g/mol. The quantitative estimate of drug-likeness (QED) is 0.595. The van der Waals surface area contributed by atoms with Crippen molar-refractivity contribution in [3.8, 4) is 16.9 Å². The number of hydrogen-bond donors (Lipinski definition) is 1. The zero-order chi connectivity index (χ0) is 14.0. The van der Waals surface area contributed by atoms with Gasteiger partial charge in [-0.2, -0.15) is 0 Å². The van der Waals surface area contributed by atoms with Crippen LogP contribution in [0.1, 0.15) is 10.5 Å². The molecular formula is C12H8NO6-. The van der Waals surface area contributed by atoms with Gasteiger partial charge < -0.3 is 14.4 Å². The fraction of sp³-hybridized carbons (Fsp3) is 0.0833. The van der Waals surface area contributed by atoms with Crippen molar-refractivity contribution in [2.24, 2.45) is 0 Å². The van der Waals surface area contributed by atoms with E-state index in [1.807, 2.05) is 0 Å². The Labute approximate surface area is 106 Å². The first-order chi connectivity index (χ1) is 9.04. The van der Waals surface area contributed by atoms with E-state index in [-0.39, 0.29) is 22.6 Å². The van der Waals surface area contributed by atoms with Gasteiger partial charge in [-0.15, -0.1) is 5.75 Å². The minimum absolute atomic E-state index is 0.192. The number of hydrogen-bond acceptors (Lipinski definition) is 6. The molecule has 2 aromatic rings. The van der Waals surface area contributed by atoms with Crippen molar-refractivity contribution >= 4 is 5.97 Å². The minimum Gasteiger partial charge on any atom is -0.872 e. The van der Waals surface area contributed by atoms with Crippen molar-refractivity contribution in [1.82, 2.24) is 5.16 Å². The van der Waals surface area contributed by atoms with Gasteiger partial charge in [-0.1, -0.05) is 24.3 Å². The van der Waals surface area contributed by atoms with E-state index in [2.05, 4.69) is 14.4 Å². The second-order valence-electron chi connectivity index (χ2n) is 3.59. The molecule has 0 saturated heterocycles. The van der Waals surface area contributed by atoms with Crippen LogP contribution in [-0.4, -0.2) is 18.2 Å².